The van der Waals surface area contributed by atoms with Gasteiger partial charge in [0.05, 0.1) is 18.9 Å². The van der Waals surface area contributed by atoms with E-state index in [-0.39, 0.29) is 5.97 Å². The Kier molecular flexibility index (Phi) is 3.83. The normalized spacial score (nSPS) is 10.7. The standard InChI is InChI=1S/C14H12N4O2S/c1-20-13(19)10-5-3-2-4-9(10)7-21-14-17-11-6-15-8-16-12(11)18-14/h2-6,8H,7H2,1H3,(H,15,16,17,18). The van der Waals surface area contributed by atoms with E-state index in [9.17, 15) is 4.79 Å². The molecule has 3 aromatic rings. The molecule has 0 fully saturated rings. The van der Waals surface area contributed by atoms with E-state index < -0.39 is 0 Å². The van der Waals surface area contributed by atoms with Gasteiger partial charge < -0.3 is 9.72 Å². The lowest BCUT2D eigenvalue weighted by molar-refractivity contribution is 0.0600. The Balaban J connectivity index is 1.80. The molecule has 2 heterocycles. The Morgan fingerprint density at radius 3 is 3.05 bits per heavy atom. The van der Waals surface area contributed by atoms with Gasteiger partial charge >= 0.3 is 5.97 Å². The number of hydrogen-bond acceptors (Lipinski definition) is 6. The predicted molar refractivity (Wildman–Crippen MR) is 79.0 cm³/mol. The monoisotopic (exact) mass is 300 g/mol. The fourth-order valence-electron chi connectivity index (χ4n) is 1.91. The first-order valence-electron chi connectivity index (χ1n) is 6.22. The van der Waals surface area contributed by atoms with Crippen LogP contribution < -0.4 is 0 Å². The zero-order valence-electron chi connectivity index (χ0n) is 11.2. The van der Waals surface area contributed by atoms with Gasteiger partial charge in [-0.1, -0.05) is 30.0 Å². The summed E-state index contributed by atoms with van der Waals surface area (Å²) in [5.74, 6) is 0.278. The quantitative estimate of drug-likeness (QED) is 0.589. The number of benzene rings is 1. The van der Waals surface area contributed by atoms with E-state index in [1.807, 2.05) is 18.2 Å². The van der Waals surface area contributed by atoms with Crippen LogP contribution in [0.3, 0.4) is 0 Å². The molecule has 21 heavy (non-hydrogen) atoms. The van der Waals surface area contributed by atoms with Crippen molar-refractivity contribution < 1.29 is 9.53 Å². The number of hydrogen-bond donors (Lipinski definition) is 1. The molecule has 0 unspecified atom stereocenters. The number of fused-ring (bicyclic) bond motifs is 1. The minimum atomic E-state index is -0.332. The number of methoxy groups -OCH3 is 1. The number of aromatic amines is 1. The highest BCUT2D eigenvalue weighted by Crippen LogP contribution is 2.24. The summed E-state index contributed by atoms with van der Waals surface area (Å²) < 4.78 is 4.79. The second-order valence-electron chi connectivity index (χ2n) is 4.24. The highest BCUT2D eigenvalue weighted by molar-refractivity contribution is 7.98. The zero-order valence-corrected chi connectivity index (χ0v) is 12.1. The number of ether oxygens (including phenoxy) is 1. The van der Waals surface area contributed by atoms with Gasteiger partial charge in [0, 0.05) is 5.75 Å². The Labute approximate surface area is 125 Å². The van der Waals surface area contributed by atoms with Gasteiger partial charge in [-0.25, -0.2) is 19.7 Å². The maximum atomic E-state index is 11.7. The molecular weight excluding hydrogens is 288 g/mol. The highest BCUT2D eigenvalue weighted by atomic mass is 32.2. The smallest absolute Gasteiger partial charge is 0.338 e. The van der Waals surface area contributed by atoms with Crippen molar-refractivity contribution in [2.75, 3.05) is 7.11 Å². The number of imidazole rings is 1. The molecule has 0 saturated carbocycles. The summed E-state index contributed by atoms with van der Waals surface area (Å²) in [6.07, 6.45) is 3.14. The summed E-state index contributed by atoms with van der Waals surface area (Å²) in [6, 6.07) is 7.37. The van der Waals surface area contributed by atoms with E-state index >= 15 is 0 Å². The average molecular weight is 300 g/mol. The van der Waals surface area contributed by atoms with Gasteiger partial charge in [-0.3, -0.25) is 0 Å². The van der Waals surface area contributed by atoms with Gasteiger partial charge in [-0.2, -0.15) is 0 Å². The summed E-state index contributed by atoms with van der Waals surface area (Å²) in [5, 5.41) is 0.741. The Bertz CT molecular complexity index is 754. The molecule has 0 aliphatic heterocycles. The number of rotatable bonds is 4. The molecule has 0 bridgehead atoms. The second-order valence-corrected chi connectivity index (χ2v) is 5.20. The third-order valence-electron chi connectivity index (χ3n) is 2.93. The molecule has 7 heteroatoms. The summed E-state index contributed by atoms with van der Waals surface area (Å²) in [7, 11) is 1.38. The molecule has 6 nitrogen and oxygen atoms in total. The van der Waals surface area contributed by atoms with Crippen molar-refractivity contribution in [1.82, 2.24) is 19.9 Å². The van der Waals surface area contributed by atoms with Crippen LogP contribution in [0.4, 0.5) is 0 Å². The van der Waals surface area contributed by atoms with E-state index in [1.165, 1.54) is 25.2 Å². The zero-order chi connectivity index (χ0) is 14.7. The summed E-state index contributed by atoms with van der Waals surface area (Å²) in [5.41, 5.74) is 2.90. The Morgan fingerprint density at radius 2 is 2.24 bits per heavy atom. The number of H-pyrrole nitrogens is 1. The molecule has 0 aliphatic rings. The van der Waals surface area contributed by atoms with Gasteiger partial charge in [-0.05, 0) is 11.6 Å². The van der Waals surface area contributed by atoms with Crippen LogP contribution in [0.25, 0.3) is 11.2 Å². The first-order chi connectivity index (χ1) is 10.3. The first-order valence-corrected chi connectivity index (χ1v) is 7.21. The van der Waals surface area contributed by atoms with Crippen molar-refractivity contribution in [1.29, 1.82) is 0 Å². The van der Waals surface area contributed by atoms with Gasteiger partial charge in [0.25, 0.3) is 0 Å². The van der Waals surface area contributed by atoms with E-state index in [2.05, 4.69) is 19.9 Å². The van der Waals surface area contributed by atoms with Crippen molar-refractivity contribution >= 4 is 28.9 Å². The van der Waals surface area contributed by atoms with Crippen LogP contribution in [0.2, 0.25) is 0 Å². The van der Waals surface area contributed by atoms with Crippen molar-refractivity contribution in [3.05, 3.63) is 47.9 Å². The van der Waals surface area contributed by atoms with Gasteiger partial charge in [0.2, 0.25) is 0 Å². The van der Waals surface area contributed by atoms with Crippen molar-refractivity contribution in [3.63, 3.8) is 0 Å². The topological polar surface area (TPSA) is 80.8 Å². The van der Waals surface area contributed by atoms with Crippen LogP contribution in [0, 0.1) is 0 Å². The van der Waals surface area contributed by atoms with Crippen LogP contribution in [0.1, 0.15) is 15.9 Å². The van der Waals surface area contributed by atoms with Crippen LogP contribution in [0.15, 0.2) is 41.9 Å². The minimum absolute atomic E-state index is 0.332. The lowest BCUT2D eigenvalue weighted by Crippen LogP contribution is -2.04. The molecule has 0 amide bonds. The minimum Gasteiger partial charge on any atom is -0.465 e. The molecule has 0 aliphatic carbocycles. The molecule has 3 rings (SSSR count). The van der Waals surface area contributed by atoms with Gasteiger partial charge in [-0.15, -0.1) is 0 Å². The molecule has 2 aromatic heterocycles. The molecule has 1 N–H and O–H groups in total. The second kappa shape index (κ2) is 5.92. The number of aromatic nitrogens is 4. The molecule has 106 valence electrons. The lowest BCUT2D eigenvalue weighted by atomic mass is 10.1. The molecule has 0 saturated heterocycles. The van der Waals surface area contributed by atoms with E-state index in [0.717, 1.165) is 16.2 Å². The van der Waals surface area contributed by atoms with Crippen molar-refractivity contribution in [3.8, 4) is 0 Å². The number of nitrogens with one attached hydrogen (secondary N) is 1. The number of thioether (sulfide) groups is 1. The lowest BCUT2D eigenvalue weighted by Gasteiger charge is -2.06. The summed E-state index contributed by atoms with van der Waals surface area (Å²) in [4.78, 5) is 27.2. The summed E-state index contributed by atoms with van der Waals surface area (Å²) >= 11 is 1.50. The number of carbonyl (C=O) groups excluding carboxylic acids is 1. The Hall–Kier alpha value is -2.41. The van der Waals surface area contributed by atoms with Crippen molar-refractivity contribution in [2.24, 2.45) is 0 Å². The van der Waals surface area contributed by atoms with Crippen molar-refractivity contribution in [2.45, 2.75) is 10.9 Å². The largest absolute Gasteiger partial charge is 0.465 e. The van der Waals surface area contributed by atoms with Crippen LogP contribution in [0.5, 0.6) is 0 Å². The van der Waals surface area contributed by atoms with Crippen LogP contribution in [-0.4, -0.2) is 33.0 Å². The fraction of sp³-hybridized carbons (Fsp3) is 0.143. The van der Waals surface area contributed by atoms with Crippen LogP contribution >= 0.6 is 11.8 Å². The molecule has 0 radical (unpaired) electrons. The van der Waals surface area contributed by atoms with E-state index in [0.29, 0.717) is 17.0 Å². The third kappa shape index (κ3) is 2.87. The SMILES string of the molecule is COC(=O)c1ccccc1CSc1nc2ncncc2[nH]1. The fourth-order valence-corrected chi connectivity index (χ4v) is 2.79. The molecular formula is C14H12N4O2S. The first kappa shape index (κ1) is 13.6. The predicted octanol–water partition coefficient (Wildman–Crippen LogP) is 2.43. The van der Waals surface area contributed by atoms with E-state index in [4.69, 9.17) is 4.74 Å². The number of nitrogens with zero attached hydrogens (tertiary/aromatic N) is 3. The average Bonchev–Trinajstić information content (AvgIpc) is 2.95. The van der Waals surface area contributed by atoms with Crippen LogP contribution in [-0.2, 0) is 10.5 Å². The number of esters is 1. The summed E-state index contributed by atoms with van der Waals surface area (Å²) in [6.45, 7) is 0. The number of carbonyl (C=O) groups is 1. The van der Waals surface area contributed by atoms with E-state index in [1.54, 1.807) is 12.3 Å². The van der Waals surface area contributed by atoms with Gasteiger partial charge in [0.1, 0.15) is 11.8 Å². The molecule has 1 aromatic carbocycles. The highest BCUT2D eigenvalue weighted by Gasteiger charge is 2.12. The molecule has 0 spiro atoms. The third-order valence-corrected chi connectivity index (χ3v) is 3.85. The maximum Gasteiger partial charge on any atom is 0.338 e. The maximum absolute atomic E-state index is 11.7. The molecule has 0 atom stereocenters. The Morgan fingerprint density at radius 1 is 1.38 bits per heavy atom. The van der Waals surface area contributed by atoms with Gasteiger partial charge in [0.15, 0.2) is 10.8 Å².